The summed E-state index contributed by atoms with van der Waals surface area (Å²) in [4.78, 5) is 34.5. The van der Waals surface area contributed by atoms with Crippen molar-refractivity contribution in [2.24, 2.45) is 5.92 Å². The highest BCUT2D eigenvalue weighted by Gasteiger charge is 2.24. The minimum atomic E-state index is -1.27. The summed E-state index contributed by atoms with van der Waals surface area (Å²) in [5.41, 5.74) is 0.478. The van der Waals surface area contributed by atoms with Crippen molar-refractivity contribution in [2.75, 3.05) is 6.54 Å². The molecule has 1 aromatic rings. The van der Waals surface area contributed by atoms with Gasteiger partial charge < -0.3 is 15.7 Å². The second kappa shape index (κ2) is 7.78. The number of nitrogens with one attached hydrogen (secondary N) is 2. The third-order valence-corrected chi connectivity index (χ3v) is 3.35. The number of rotatable bonds is 6. The summed E-state index contributed by atoms with van der Waals surface area (Å²) in [6, 6.07) is 5.87. The molecule has 0 spiro atoms. The Hall–Kier alpha value is -1.89. The summed E-state index contributed by atoms with van der Waals surface area (Å²) in [6.45, 7) is 3.26. The average molecular weight is 357 g/mol. The lowest BCUT2D eigenvalue weighted by Gasteiger charge is -2.19. The molecule has 0 aliphatic heterocycles. The van der Waals surface area contributed by atoms with Crippen LogP contribution in [-0.4, -0.2) is 35.5 Å². The second-order valence-electron chi connectivity index (χ2n) is 4.82. The minimum absolute atomic E-state index is 0.176. The number of ketones is 1. The number of carbonyl (C=O) groups is 3. The zero-order chi connectivity index (χ0) is 16.0. The molecule has 114 valence electrons. The van der Waals surface area contributed by atoms with E-state index in [-0.39, 0.29) is 18.2 Å². The average Bonchev–Trinajstić information content (AvgIpc) is 2.42. The smallest absolute Gasteiger partial charge is 0.405 e. The van der Waals surface area contributed by atoms with Crippen LogP contribution < -0.4 is 10.6 Å². The van der Waals surface area contributed by atoms with Crippen molar-refractivity contribution in [3.63, 3.8) is 0 Å². The maximum atomic E-state index is 11.9. The molecular formula is C14H17BrN2O4. The largest absolute Gasteiger partial charge is 0.465 e. The molecule has 0 saturated heterocycles. The standard InChI is InChI=1S/C14H17BrN2O4/c1-8(2)12(17-14(20)21)13(19)16-7-11(18)9-3-5-10(15)6-4-9/h3-6,8,12,17H,7H2,1-2H3,(H,16,19)(H,20,21). The number of carboxylic acid groups (broad SMARTS) is 1. The molecule has 1 aromatic carbocycles. The van der Waals surface area contributed by atoms with Crippen molar-refractivity contribution in [1.82, 2.24) is 10.6 Å². The summed E-state index contributed by atoms with van der Waals surface area (Å²) >= 11 is 3.27. The van der Waals surface area contributed by atoms with Gasteiger partial charge in [-0.3, -0.25) is 9.59 Å². The van der Waals surface area contributed by atoms with E-state index in [1.807, 2.05) is 0 Å². The molecule has 7 heteroatoms. The van der Waals surface area contributed by atoms with Gasteiger partial charge in [0.1, 0.15) is 6.04 Å². The van der Waals surface area contributed by atoms with E-state index in [1.165, 1.54) is 0 Å². The van der Waals surface area contributed by atoms with Crippen molar-refractivity contribution in [3.8, 4) is 0 Å². The normalized spacial score (nSPS) is 11.8. The van der Waals surface area contributed by atoms with Crippen LogP contribution in [-0.2, 0) is 4.79 Å². The van der Waals surface area contributed by atoms with E-state index in [2.05, 4.69) is 26.6 Å². The molecule has 1 rings (SSSR count). The van der Waals surface area contributed by atoms with Crippen LogP contribution in [0.5, 0.6) is 0 Å². The molecule has 0 radical (unpaired) electrons. The Morgan fingerprint density at radius 3 is 2.24 bits per heavy atom. The number of hydrogen-bond acceptors (Lipinski definition) is 3. The van der Waals surface area contributed by atoms with Crippen LogP contribution in [0.15, 0.2) is 28.7 Å². The van der Waals surface area contributed by atoms with E-state index in [0.717, 1.165) is 4.47 Å². The van der Waals surface area contributed by atoms with Crippen molar-refractivity contribution in [1.29, 1.82) is 0 Å². The number of carbonyl (C=O) groups excluding carboxylic acids is 2. The Morgan fingerprint density at radius 1 is 1.19 bits per heavy atom. The number of Topliss-reactive ketones (excluding diaryl/α,β-unsaturated/α-hetero) is 1. The molecule has 21 heavy (non-hydrogen) atoms. The van der Waals surface area contributed by atoms with Gasteiger partial charge in [0.05, 0.1) is 6.54 Å². The molecule has 0 aromatic heterocycles. The van der Waals surface area contributed by atoms with Gasteiger partial charge in [0, 0.05) is 10.0 Å². The highest BCUT2D eigenvalue weighted by atomic mass is 79.9. The Kier molecular flexibility index (Phi) is 6.36. The number of hydrogen-bond donors (Lipinski definition) is 3. The first-order valence-corrected chi connectivity index (χ1v) is 7.16. The Bertz CT molecular complexity index is 528. The van der Waals surface area contributed by atoms with E-state index in [9.17, 15) is 14.4 Å². The van der Waals surface area contributed by atoms with Crippen molar-refractivity contribution < 1.29 is 19.5 Å². The predicted octanol–water partition coefficient (Wildman–Crippen LogP) is 2.04. The zero-order valence-electron chi connectivity index (χ0n) is 11.7. The fourth-order valence-electron chi connectivity index (χ4n) is 1.68. The highest BCUT2D eigenvalue weighted by Crippen LogP contribution is 2.10. The number of halogens is 1. The molecule has 1 atom stereocenters. The van der Waals surface area contributed by atoms with Gasteiger partial charge in [0.25, 0.3) is 0 Å². The first kappa shape index (κ1) is 17.2. The molecule has 0 saturated carbocycles. The van der Waals surface area contributed by atoms with E-state index in [1.54, 1.807) is 38.1 Å². The van der Waals surface area contributed by atoms with Crippen LogP contribution in [0.4, 0.5) is 4.79 Å². The van der Waals surface area contributed by atoms with Gasteiger partial charge >= 0.3 is 6.09 Å². The summed E-state index contributed by atoms with van der Waals surface area (Å²) in [7, 11) is 0. The van der Waals surface area contributed by atoms with Crippen LogP contribution in [0, 0.1) is 5.92 Å². The lowest BCUT2D eigenvalue weighted by Crippen LogP contribution is -2.50. The molecule has 6 nitrogen and oxygen atoms in total. The van der Waals surface area contributed by atoms with E-state index >= 15 is 0 Å². The molecule has 3 N–H and O–H groups in total. The van der Waals surface area contributed by atoms with Crippen LogP contribution in [0.2, 0.25) is 0 Å². The van der Waals surface area contributed by atoms with Crippen LogP contribution in [0.1, 0.15) is 24.2 Å². The lowest BCUT2D eigenvalue weighted by atomic mass is 10.0. The van der Waals surface area contributed by atoms with Crippen LogP contribution in [0.3, 0.4) is 0 Å². The molecule has 0 aliphatic carbocycles. The predicted molar refractivity (Wildman–Crippen MR) is 81.3 cm³/mol. The van der Waals surface area contributed by atoms with E-state index in [0.29, 0.717) is 5.56 Å². The summed E-state index contributed by atoms with van der Waals surface area (Å²) in [5.74, 6) is -0.976. The Morgan fingerprint density at radius 2 is 1.76 bits per heavy atom. The first-order valence-electron chi connectivity index (χ1n) is 6.37. The Labute approximate surface area is 131 Å². The fourth-order valence-corrected chi connectivity index (χ4v) is 1.95. The molecule has 0 heterocycles. The molecular weight excluding hydrogens is 340 g/mol. The topological polar surface area (TPSA) is 95.5 Å². The molecule has 2 amide bonds. The van der Waals surface area contributed by atoms with Crippen molar-refractivity contribution in [2.45, 2.75) is 19.9 Å². The van der Waals surface area contributed by atoms with Gasteiger partial charge in [0.15, 0.2) is 5.78 Å². The van der Waals surface area contributed by atoms with Gasteiger partial charge in [-0.1, -0.05) is 41.9 Å². The maximum absolute atomic E-state index is 11.9. The number of benzene rings is 1. The third-order valence-electron chi connectivity index (χ3n) is 2.82. The van der Waals surface area contributed by atoms with E-state index < -0.39 is 18.0 Å². The molecule has 1 unspecified atom stereocenters. The monoisotopic (exact) mass is 356 g/mol. The van der Waals surface area contributed by atoms with Crippen molar-refractivity contribution in [3.05, 3.63) is 34.3 Å². The van der Waals surface area contributed by atoms with Crippen molar-refractivity contribution >= 4 is 33.7 Å². The van der Waals surface area contributed by atoms with E-state index in [4.69, 9.17) is 5.11 Å². The summed E-state index contributed by atoms with van der Waals surface area (Å²) in [5, 5.41) is 13.3. The molecule has 0 bridgehead atoms. The fraction of sp³-hybridized carbons (Fsp3) is 0.357. The quantitative estimate of drug-likeness (QED) is 0.679. The van der Waals surface area contributed by atoms with Gasteiger partial charge in [-0.05, 0) is 18.1 Å². The Balaban J connectivity index is 2.60. The minimum Gasteiger partial charge on any atom is -0.465 e. The van der Waals surface area contributed by atoms with Crippen LogP contribution >= 0.6 is 15.9 Å². The van der Waals surface area contributed by atoms with Gasteiger partial charge in [-0.25, -0.2) is 4.79 Å². The van der Waals surface area contributed by atoms with Crippen LogP contribution in [0.25, 0.3) is 0 Å². The van der Waals surface area contributed by atoms with Gasteiger partial charge in [-0.2, -0.15) is 0 Å². The van der Waals surface area contributed by atoms with Gasteiger partial charge in [-0.15, -0.1) is 0 Å². The third kappa shape index (κ3) is 5.55. The SMILES string of the molecule is CC(C)C(NC(=O)O)C(=O)NCC(=O)c1ccc(Br)cc1. The summed E-state index contributed by atoms with van der Waals surface area (Å²) < 4.78 is 0.855. The zero-order valence-corrected chi connectivity index (χ0v) is 13.3. The highest BCUT2D eigenvalue weighted by molar-refractivity contribution is 9.10. The van der Waals surface area contributed by atoms with Gasteiger partial charge in [0.2, 0.25) is 5.91 Å². The lowest BCUT2D eigenvalue weighted by molar-refractivity contribution is -0.123. The maximum Gasteiger partial charge on any atom is 0.405 e. The molecule has 0 fully saturated rings. The summed E-state index contributed by atoms with van der Waals surface area (Å²) in [6.07, 6.45) is -1.27. The first-order chi connectivity index (χ1) is 9.81. The molecule has 0 aliphatic rings. The second-order valence-corrected chi connectivity index (χ2v) is 5.73. The number of amides is 2.